The van der Waals surface area contributed by atoms with Gasteiger partial charge in [0.1, 0.15) is 0 Å². The van der Waals surface area contributed by atoms with Crippen LogP contribution in [0.2, 0.25) is 0 Å². The molecule has 20 heavy (non-hydrogen) atoms. The lowest BCUT2D eigenvalue weighted by Crippen LogP contribution is -2.45. The number of methoxy groups -OCH3 is 1. The summed E-state index contributed by atoms with van der Waals surface area (Å²) in [6, 6.07) is 0.895. The third-order valence-electron chi connectivity index (χ3n) is 3.53. The van der Waals surface area contributed by atoms with E-state index in [-0.39, 0.29) is 0 Å². The van der Waals surface area contributed by atoms with Crippen LogP contribution in [0.5, 0.6) is 6.01 Å². The molecule has 0 spiro atoms. The van der Waals surface area contributed by atoms with Gasteiger partial charge in [-0.2, -0.15) is 15.0 Å². The smallest absolute Gasteiger partial charge is 0.322 e. The molecule has 1 aromatic rings. The number of rotatable bonds is 5. The second-order valence-corrected chi connectivity index (χ2v) is 5.18. The monoisotopic (exact) mass is 280 g/mol. The fourth-order valence-corrected chi connectivity index (χ4v) is 2.37. The maximum Gasteiger partial charge on any atom is 0.322 e. The van der Waals surface area contributed by atoms with Crippen molar-refractivity contribution in [3.8, 4) is 6.01 Å². The molecule has 0 saturated carbocycles. The minimum atomic E-state index is 0.359. The highest BCUT2D eigenvalue weighted by Crippen LogP contribution is 2.21. The maximum absolute atomic E-state index is 5.17. The Kier molecular flexibility index (Phi) is 4.94. The lowest BCUT2D eigenvalue weighted by molar-refractivity contribution is 0.256. The zero-order valence-corrected chi connectivity index (χ0v) is 12.8. The average molecular weight is 280 g/mol. The number of ether oxygens (including phenoxy) is 1. The first kappa shape index (κ1) is 14.8. The summed E-state index contributed by atoms with van der Waals surface area (Å²) in [7, 11) is 5.81. The van der Waals surface area contributed by atoms with Gasteiger partial charge in [-0.05, 0) is 33.9 Å². The highest BCUT2D eigenvalue weighted by atomic mass is 16.5. The molecule has 7 heteroatoms. The van der Waals surface area contributed by atoms with E-state index in [2.05, 4.69) is 44.2 Å². The van der Waals surface area contributed by atoms with Crippen LogP contribution in [-0.4, -0.2) is 66.7 Å². The first-order valence-electron chi connectivity index (χ1n) is 7.09. The second kappa shape index (κ2) is 6.69. The molecule has 1 atom stereocenters. The van der Waals surface area contributed by atoms with Crippen LogP contribution in [0.3, 0.4) is 0 Å². The fourth-order valence-electron chi connectivity index (χ4n) is 2.37. The van der Waals surface area contributed by atoms with E-state index in [0.29, 0.717) is 23.9 Å². The molecular formula is C13H24N6O. The molecule has 1 aliphatic heterocycles. The zero-order valence-electron chi connectivity index (χ0n) is 12.8. The molecule has 0 radical (unpaired) electrons. The number of nitrogens with zero attached hydrogens (tertiary/aromatic N) is 5. The predicted molar refractivity (Wildman–Crippen MR) is 79.5 cm³/mol. The molecule has 7 nitrogen and oxygen atoms in total. The van der Waals surface area contributed by atoms with E-state index in [9.17, 15) is 0 Å². The molecule has 1 unspecified atom stereocenters. The molecule has 0 aliphatic carbocycles. The molecule has 1 N–H and O–H groups in total. The lowest BCUT2D eigenvalue weighted by atomic mass is 10.1. The van der Waals surface area contributed by atoms with Crippen molar-refractivity contribution >= 4 is 11.9 Å². The van der Waals surface area contributed by atoms with Crippen LogP contribution in [0.1, 0.15) is 19.8 Å². The Bertz CT molecular complexity index is 439. The molecule has 0 aromatic carbocycles. The Morgan fingerprint density at radius 2 is 2.15 bits per heavy atom. The van der Waals surface area contributed by atoms with Gasteiger partial charge in [0.25, 0.3) is 0 Å². The largest absolute Gasteiger partial charge is 0.467 e. The summed E-state index contributed by atoms with van der Waals surface area (Å²) < 4.78 is 5.17. The number of nitrogens with one attached hydrogen (secondary N) is 1. The summed E-state index contributed by atoms with van der Waals surface area (Å²) in [4.78, 5) is 17.5. The number of anilines is 2. The lowest BCUT2D eigenvalue weighted by Gasteiger charge is -2.36. The van der Waals surface area contributed by atoms with Gasteiger partial charge in [0.05, 0.1) is 7.11 Å². The van der Waals surface area contributed by atoms with Gasteiger partial charge in [-0.25, -0.2) is 0 Å². The standard InChI is InChI=1S/C13H24N6O/c1-5-14-11-15-12(17-13(16-11)20-4)19-8-6-7-10(9-19)18(2)3/h10H,5-9H2,1-4H3,(H,14,15,16,17). The first-order valence-corrected chi connectivity index (χ1v) is 7.09. The average Bonchev–Trinajstić information content (AvgIpc) is 2.47. The van der Waals surface area contributed by atoms with Gasteiger partial charge >= 0.3 is 6.01 Å². The number of hydrogen-bond donors (Lipinski definition) is 1. The van der Waals surface area contributed by atoms with Crippen LogP contribution in [-0.2, 0) is 0 Å². The Labute approximate surface area is 120 Å². The number of piperidine rings is 1. The number of hydrogen-bond acceptors (Lipinski definition) is 7. The zero-order chi connectivity index (χ0) is 14.5. The minimum absolute atomic E-state index is 0.359. The molecule has 2 heterocycles. The van der Waals surface area contributed by atoms with Gasteiger partial charge in [0, 0.05) is 25.7 Å². The molecule has 0 amide bonds. The third kappa shape index (κ3) is 3.47. The van der Waals surface area contributed by atoms with Gasteiger partial charge in [0.2, 0.25) is 11.9 Å². The normalized spacial score (nSPS) is 19.2. The van der Waals surface area contributed by atoms with E-state index < -0.39 is 0 Å². The molecule has 0 bridgehead atoms. The molecule has 1 saturated heterocycles. The van der Waals surface area contributed by atoms with Crippen molar-refractivity contribution in [3.05, 3.63) is 0 Å². The summed E-state index contributed by atoms with van der Waals surface area (Å²) in [6.07, 6.45) is 2.36. The Morgan fingerprint density at radius 1 is 1.35 bits per heavy atom. The molecular weight excluding hydrogens is 256 g/mol. The van der Waals surface area contributed by atoms with Crippen molar-refractivity contribution in [2.75, 3.05) is 51.1 Å². The van der Waals surface area contributed by atoms with E-state index in [1.807, 2.05) is 6.92 Å². The van der Waals surface area contributed by atoms with Crippen LogP contribution in [0.15, 0.2) is 0 Å². The van der Waals surface area contributed by atoms with E-state index in [0.717, 1.165) is 26.1 Å². The molecule has 2 rings (SSSR count). The van der Waals surface area contributed by atoms with Crippen LogP contribution in [0.4, 0.5) is 11.9 Å². The quantitative estimate of drug-likeness (QED) is 0.857. The highest BCUT2D eigenvalue weighted by molar-refractivity contribution is 5.39. The van der Waals surface area contributed by atoms with Crippen LogP contribution in [0.25, 0.3) is 0 Å². The highest BCUT2D eigenvalue weighted by Gasteiger charge is 2.24. The van der Waals surface area contributed by atoms with Crippen molar-refractivity contribution in [2.45, 2.75) is 25.8 Å². The second-order valence-electron chi connectivity index (χ2n) is 5.18. The SMILES string of the molecule is CCNc1nc(OC)nc(N2CCCC(N(C)C)C2)n1. The predicted octanol–water partition coefficient (Wildman–Crippen LogP) is 0.842. The van der Waals surface area contributed by atoms with Crippen LogP contribution >= 0.6 is 0 Å². The number of likely N-dealkylation sites (N-methyl/N-ethyl adjacent to an activating group) is 1. The Morgan fingerprint density at radius 3 is 2.80 bits per heavy atom. The van der Waals surface area contributed by atoms with Gasteiger partial charge in [-0.1, -0.05) is 0 Å². The van der Waals surface area contributed by atoms with Gasteiger partial charge in [-0.15, -0.1) is 0 Å². The summed E-state index contributed by atoms with van der Waals surface area (Å²) in [5.74, 6) is 1.26. The summed E-state index contributed by atoms with van der Waals surface area (Å²) >= 11 is 0. The van der Waals surface area contributed by atoms with E-state index in [4.69, 9.17) is 4.74 Å². The molecule has 1 aliphatic rings. The fraction of sp³-hybridized carbons (Fsp3) is 0.769. The van der Waals surface area contributed by atoms with Crippen molar-refractivity contribution < 1.29 is 4.74 Å². The summed E-state index contributed by atoms with van der Waals surface area (Å²) in [5.41, 5.74) is 0. The van der Waals surface area contributed by atoms with Crippen molar-refractivity contribution in [1.29, 1.82) is 0 Å². The van der Waals surface area contributed by atoms with Gasteiger partial charge in [-0.3, -0.25) is 0 Å². The van der Waals surface area contributed by atoms with E-state index in [1.165, 1.54) is 6.42 Å². The minimum Gasteiger partial charge on any atom is -0.467 e. The Hall–Kier alpha value is -1.63. The topological polar surface area (TPSA) is 66.4 Å². The third-order valence-corrected chi connectivity index (χ3v) is 3.53. The first-order chi connectivity index (χ1) is 9.63. The van der Waals surface area contributed by atoms with Crippen molar-refractivity contribution in [2.24, 2.45) is 0 Å². The Balaban J connectivity index is 2.19. The number of aromatic nitrogens is 3. The summed E-state index contributed by atoms with van der Waals surface area (Å²) in [5, 5.41) is 3.12. The summed E-state index contributed by atoms with van der Waals surface area (Å²) in [6.45, 7) is 4.70. The maximum atomic E-state index is 5.17. The molecule has 112 valence electrons. The van der Waals surface area contributed by atoms with Crippen molar-refractivity contribution in [1.82, 2.24) is 19.9 Å². The van der Waals surface area contributed by atoms with Crippen LogP contribution < -0.4 is 15.0 Å². The van der Waals surface area contributed by atoms with Crippen LogP contribution in [0, 0.1) is 0 Å². The van der Waals surface area contributed by atoms with Gasteiger partial charge in [0.15, 0.2) is 0 Å². The van der Waals surface area contributed by atoms with E-state index >= 15 is 0 Å². The molecule has 1 aromatic heterocycles. The molecule has 1 fully saturated rings. The van der Waals surface area contributed by atoms with Gasteiger partial charge < -0.3 is 19.9 Å². The van der Waals surface area contributed by atoms with E-state index in [1.54, 1.807) is 7.11 Å². The van der Waals surface area contributed by atoms with Crippen molar-refractivity contribution in [3.63, 3.8) is 0 Å².